The van der Waals surface area contributed by atoms with E-state index >= 15 is 0 Å². The van der Waals surface area contributed by atoms with E-state index in [1.807, 2.05) is 25.9 Å². The number of carboxylic acid groups (broad SMARTS) is 1. The molecular formula is C26H29F2N3O4S. The van der Waals surface area contributed by atoms with Crippen molar-refractivity contribution in [3.8, 4) is 10.4 Å². The van der Waals surface area contributed by atoms with Gasteiger partial charge in [-0.1, -0.05) is 25.8 Å². The van der Waals surface area contributed by atoms with Gasteiger partial charge in [0.15, 0.2) is 0 Å². The number of carboxylic acids is 1. The maximum absolute atomic E-state index is 14.6. The molecule has 0 bridgehead atoms. The Kier molecular flexibility index (Phi) is 9.11. The Bertz CT molecular complexity index is 1210. The summed E-state index contributed by atoms with van der Waals surface area (Å²) in [6.07, 6.45) is 2.53. The molecule has 0 saturated heterocycles. The molecule has 1 aromatic heterocycles. The number of benzene rings is 2. The third kappa shape index (κ3) is 6.24. The summed E-state index contributed by atoms with van der Waals surface area (Å²) in [5.74, 6) is -2.51. The highest BCUT2D eigenvalue weighted by Gasteiger charge is 2.29. The summed E-state index contributed by atoms with van der Waals surface area (Å²) in [6, 6.07) is 9.62. The van der Waals surface area contributed by atoms with Crippen molar-refractivity contribution >= 4 is 28.0 Å². The Morgan fingerprint density at radius 1 is 1.03 bits per heavy atom. The van der Waals surface area contributed by atoms with Crippen molar-refractivity contribution in [2.24, 2.45) is 0 Å². The largest absolute Gasteiger partial charge is 0.478 e. The van der Waals surface area contributed by atoms with E-state index in [1.54, 1.807) is 17.0 Å². The fourth-order valence-electron chi connectivity index (χ4n) is 4.01. The molecule has 1 heterocycles. The lowest BCUT2D eigenvalue weighted by Gasteiger charge is -2.25. The number of anilines is 1. The molecule has 0 saturated carbocycles. The standard InChI is InChI=1S/C26H29F2N3O4S/c1-4-5-6-14-30(16-19-21(27)8-7-9-22(19)28)25-23(26(32)33)20(15-29(2)3)24(36-25)17-10-12-18(13-11-17)31(34)35/h7-13H,4-6,14-16H2,1-3H3,(H,32,33). The van der Waals surface area contributed by atoms with Gasteiger partial charge in [-0.3, -0.25) is 10.1 Å². The van der Waals surface area contributed by atoms with Crippen LogP contribution in [0.1, 0.15) is 47.7 Å². The molecule has 0 fully saturated rings. The molecule has 0 aliphatic rings. The first-order chi connectivity index (χ1) is 17.1. The maximum Gasteiger partial charge on any atom is 0.339 e. The number of hydrogen-bond donors (Lipinski definition) is 1. The molecule has 7 nitrogen and oxygen atoms in total. The Labute approximate surface area is 212 Å². The first-order valence-corrected chi connectivity index (χ1v) is 12.4. The lowest BCUT2D eigenvalue weighted by atomic mass is 10.0. The summed E-state index contributed by atoms with van der Waals surface area (Å²) >= 11 is 1.22. The van der Waals surface area contributed by atoms with Crippen LogP contribution in [0.4, 0.5) is 19.5 Å². The zero-order valence-electron chi connectivity index (χ0n) is 20.5. The van der Waals surface area contributed by atoms with Gasteiger partial charge in [0.05, 0.1) is 10.5 Å². The highest BCUT2D eigenvalue weighted by molar-refractivity contribution is 7.20. The van der Waals surface area contributed by atoms with Gasteiger partial charge in [0.25, 0.3) is 5.69 Å². The van der Waals surface area contributed by atoms with Crippen LogP contribution in [0, 0.1) is 21.7 Å². The summed E-state index contributed by atoms with van der Waals surface area (Å²) in [4.78, 5) is 27.4. The van der Waals surface area contributed by atoms with Gasteiger partial charge in [-0.2, -0.15) is 0 Å². The van der Waals surface area contributed by atoms with Crippen LogP contribution in [0.15, 0.2) is 42.5 Å². The molecule has 3 rings (SSSR count). The molecule has 36 heavy (non-hydrogen) atoms. The topological polar surface area (TPSA) is 86.9 Å². The highest BCUT2D eigenvalue weighted by Crippen LogP contribution is 2.44. The van der Waals surface area contributed by atoms with Crippen molar-refractivity contribution in [1.29, 1.82) is 0 Å². The minimum atomic E-state index is -1.14. The van der Waals surface area contributed by atoms with Crippen LogP contribution in [0.5, 0.6) is 0 Å². The number of rotatable bonds is 12. The summed E-state index contributed by atoms with van der Waals surface area (Å²) in [7, 11) is 3.63. The van der Waals surface area contributed by atoms with Gasteiger partial charge in [0.1, 0.15) is 16.6 Å². The minimum Gasteiger partial charge on any atom is -0.478 e. The van der Waals surface area contributed by atoms with Crippen molar-refractivity contribution in [2.75, 3.05) is 25.5 Å². The van der Waals surface area contributed by atoms with E-state index in [2.05, 4.69) is 0 Å². The molecule has 0 amide bonds. The van der Waals surface area contributed by atoms with E-state index in [-0.39, 0.29) is 23.4 Å². The first-order valence-electron chi connectivity index (χ1n) is 11.6. The number of aromatic carboxylic acids is 1. The molecule has 0 unspecified atom stereocenters. The molecule has 192 valence electrons. The number of unbranched alkanes of at least 4 members (excludes halogenated alkanes) is 2. The molecule has 10 heteroatoms. The van der Waals surface area contributed by atoms with Gasteiger partial charge in [-0.15, -0.1) is 11.3 Å². The van der Waals surface area contributed by atoms with Crippen LogP contribution in [-0.2, 0) is 13.1 Å². The number of nitro groups is 1. The van der Waals surface area contributed by atoms with Gasteiger partial charge in [-0.05, 0) is 50.3 Å². The molecule has 3 aromatic rings. The fraction of sp³-hybridized carbons (Fsp3) is 0.346. The van der Waals surface area contributed by atoms with E-state index in [1.165, 1.54) is 41.7 Å². The van der Waals surface area contributed by atoms with Crippen molar-refractivity contribution < 1.29 is 23.6 Å². The molecule has 0 aliphatic heterocycles. The van der Waals surface area contributed by atoms with Crippen molar-refractivity contribution in [3.05, 3.63) is 80.9 Å². The molecule has 2 aromatic carbocycles. The summed E-state index contributed by atoms with van der Waals surface area (Å²) < 4.78 is 29.1. The maximum atomic E-state index is 14.6. The van der Waals surface area contributed by atoms with Gasteiger partial charge in [0, 0.05) is 47.8 Å². The zero-order chi connectivity index (χ0) is 26.4. The predicted octanol–water partition coefficient (Wildman–Crippen LogP) is 6.56. The second kappa shape index (κ2) is 12.0. The molecule has 0 aliphatic carbocycles. The lowest BCUT2D eigenvalue weighted by molar-refractivity contribution is -0.384. The van der Waals surface area contributed by atoms with Crippen LogP contribution in [0.2, 0.25) is 0 Å². The third-order valence-electron chi connectivity index (χ3n) is 5.75. The minimum absolute atomic E-state index is 0.0700. The molecule has 0 spiro atoms. The number of nitro benzene ring substituents is 1. The Morgan fingerprint density at radius 2 is 1.67 bits per heavy atom. The van der Waals surface area contributed by atoms with Crippen molar-refractivity contribution in [1.82, 2.24) is 4.90 Å². The molecule has 0 radical (unpaired) electrons. The van der Waals surface area contributed by atoms with Crippen LogP contribution >= 0.6 is 11.3 Å². The Hall–Kier alpha value is -3.37. The lowest BCUT2D eigenvalue weighted by Crippen LogP contribution is -2.26. The summed E-state index contributed by atoms with van der Waals surface area (Å²) in [6.45, 7) is 2.64. The summed E-state index contributed by atoms with van der Waals surface area (Å²) in [5, 5.41) is 21.8. The zero-order valence-corrected chi connectivity index (χ0v) is 21.3. The van der Waals surface area contributed by atoms with E-state index < -0.39 is 22.5 Å². The number of hydrogen-bond acceptors (Lipinski definition) is 6. The van der Waals surface area contributed by atoms with E-state index in [0.29, 0.717) is 34.1 Å². The molecule has 0 atom stereocenters. The molecule has 1 N–H and O–H groups in total. The Balaban J connectivity index is 2.19. The first kappa shape index (κ1) is 27.2. The number of non-ortho nitro benzene ring substituents is 1. The Morgan fingerprint density at radius 3 is 2.19 bits per heavy atom. The second-order valence-electron chi connectivity index (χ2n) is 8.77. The van der Waals surface area contributed by atoms with Crippen LogP contribution in [0.25, 0.3) is 10.4 Å². The third-order valence-corrected chi connectivity index (χ3v) is 7.09. The number of halogens is 2. The SMILES string of the molecule is CCCCCN(Cc1c(F)cccc1F)c1sc(-c2ccc([N+](=O)[O-])cc2)c(CN(C)C)c1C(=O)O. The van der Waals surface area contributed by atoms with Crippen molar-refractivity contribution in [2.45, 2.75) is 39.3 Å². The van der Waals surface area contributed by atoms with Gasteiger partial charge in [-0.25, -0.2) is 13.6 Å². The number of carbonyl (C=O) groups is 1. The smallest absolute Gasteiger partial charge is 0.339 e. The second-order valence-corrected chi connectivity index (χ2v) is 9.76. The normalized spacial score (nSPS) is 11.2. The predicted molar refractivity (Wildman–Crippen MR) is 138 cm³/mol. The molecular weight excluding hydrogens is 488 g/mol. The number of nitrogens with zero attached hydrogens (tertiary/aromatic N) is 3. The van der Waals surface area contributed by atoms with Gasteiger partial charge < -0.3 is 14.9 Å². The number of thiophene rings is 1. The quantitative estimate of drug-likeness (QED) is 0.166. The van der Waals surface area contributed by atoms with Crippen LogP contribution < -0.4 is 4.90 Å². The average molecular weight is 518 g/mol. The summed E-state index contributed by atoms with van der Waals surface area (Å²) in [5.41, 5.74) is 1.08. The van der Waals surface area contributed by atoms with Gasteiger partial charge >= 0.3 is 5.97 Å². The van der Waals surface area contributed by atoms with E-state index in [4.69, 9.17) is 0 Å². The fourth-order valence-corrected chi connectivity index (χ4v) is 5.34. The van der Waals surface area contributed by atoms with E-state index in [9.17, 15) is 28.8 Å². The monoisotopic (exact) mass is 517 g/mol. The highest BCUT2D eigenvalue weighted by atomic mass is 32.1. The van der Waals surface area contributed by atoms with Gasteiger partial charge in [0.2, 0.25) is 0 Å². The van der Waals surface area contributed by atoms with Crippen LogP contribution in [-0.4, -0.2) is 41.5 Å². The van der Waals surface area contributed by atoms with Crippen molar-refractivity contribution in [3.63, 3.8) is 0 Å². The van der Waals surface area contributed by atoms with Crippen LogP contribution in [0.3, 0.4) is 0 Å². The van der Waals surface area contributed by atoms with E-state index in [0.717, 1.165) is 19.3 Å². The average Bonchev–Trinajstić information content (AvgIpc) is 3.19.